The number of hydrogen-bond acceptors (Lipinski definition) is 9. The van der Waals surface area contributed by atoms with Crippen LogP contribution in [0, 0.1) is 0 Å². The number of rotatable bonds is 8. The number of hydrazone groups is 1. The van der Waals surface area contributed by atoms with Gasteiger partial charge in [-0.15, -0.1) is 11.3 Å². The van der Waals surface area contributed by atoms with Gasteiger partial charge in [-0.05, 0) is 89.1 Å². The van der Waals surface area contributed by atoms with Crippen molar-refractivity contribution in [1.82, 2.24) is 15.0 Å². The third-order valence-electron chi connectivity index (χ3n) is 6.29. The molecule has 2 heterocycles. The minimum atomic E-state index is -0.359. The fourth-order valence-corrected chi connectivity index (χ4v) is 6.97. The number of thiophene rings is 1. The maximum absolute atomic E-state index is 13.8. The summed E-state index contributed by atoms with van der Waals surface area (Å²) < 4.78 is 12.4. The van der Waals surface area contributed by atoms with Crippen molar-refractivity contribution < 1.29 is 19.4 Å². The Hall–Kier alpha value is -3.35. The number of thioether (sulfide) groups is 1. The molecule has 0 unspecified atom stereocenters. The molecule has 0 bridgehead atoms. The van der Waals surface area contributed by atoms with E-state index in [-0.39, 0.29) is 28.7 Å². The third-order valence-corrected chi connectivity index (χ3v) is 9.02. The van der Waals surface area contributed by atoms with Crippen molar-refractivity contribution in [3.63, 3.8) is 0 Å². The van der Waals surface area contributed by atoms with Crippen LogP contribution in [0.25, 0.3) is 15.9 Å². The Morgan fingerprint density at radius 2 is 2.00 bits per heavy atom. The number of nitrogens with zero attached hydrogens (tertiary/aromatic N) is 3. The zero-order valence-corrected chi connectivity index (χ0v) is 24.4. The summed E-state index contributed by atoms with van der Waals surface area (Å²) in [6.45, 7) is 0. The highest BCUT2D eigenvalue weighted by molar-refractivity contribution is 9.10. The standard InChI is InChI=1S/C27H25BrN4O5S2/c1-36-17-9-7-16(8-10-17)32-26(35)23-18-5-3-4-6-21(18)39-25(23)30-27(32)38-14-22(33)31-29-13-15-11-19(28)24(34)20(12-15)37-2/h7-13,34H,3-6,14H2,1-2H3,(H,31,33)/b29-13+. The molecule has 1 aliphatic carbocycles. The summed E-state index contributed by atoms with van der Waals surface area (Å²) in [5.41, 5.74) is 4.76. The Morgan fingerprint density at radius 3 is 2.74 bits per heavy atom. The molecular weight excluding hydrogens is 604 g/mol. The monoisotopic (exact) mass is 628 g/mol. The molecule has 2 aromatic heterocycles. The van der Waals surface area contributed by atoms with Crippen molar-refractivity contribution in [2.45, 2.75) is 30.8 Å². The van der Waals surface area contributed by atoms with Crippen molar-refractivity contribution >= 4 is 61.4 Å². The number of aromatic hydroxyl groups is 1. The second-order valence-electron chi connectivity index (χ2n) is 8.76. The summed E-state index contributed by atoms with van der Waals surface area (Å²) in [5.74, 6) is 0.578. The lowest BCUT2D eigenvalue weighted by Crippen LogP contribution is -2.24. The molecule has 4 aromatic rings. The number of fused-ring (bicyclic) bond motifs is 3. The number of nitrogens with one attached hydrogen (secondary N) is 1. The molecule has 5 rings (SSSR count). The zero-order chi connectivity index (χ0) is 27.5. The van der Waals surface area contributed by atoms with E-state index in [4.69, 9.17) is 14.5 Å². The molecule has 0 spiro atoms. The van der Waals surface area contributed by atoms with Gasteiger partial charge in [-0.1, -0.05) is 11.8 Å². The smallest absolute Gasteiger partial charge is 0.267 e. The molecule has 0 aliphatic heterocycles. The number of aryl methyl sites for hydroxylation is 2. The number of carbonyl (C=O) groups is 1. The molecule has 0 saturated carbocycles. The summed E-state index contributed by atoms with van der Waals surface area (Å²) in [4.78, 5) is 33.3. The summed E-state index contributed by atoms with van der Waals surface area (Å²) in [7, 11) is 3.04. The highest BCUT2D eigenvalue weighted by atomic mass is 79.9. The SMILES string of the molecule is COc1ccc(-n2c(SCC(=O)N/N=C/c3cc(Br)c(O)c(OC)c3)nc3sc4c(c3c2=O)CCCC4)cc1. The fraction of sp³-hybridized carbons (Fsp3) is 0.259. The number of benzene rings is 2. The second-order valence-corrected chi connectivity index (χ2v) is 11.6. The quantitative estimate of drug-likeness (QED) is 0.121. The van der Waals surface area contributed by atoms with Crippen LogP contribution in [0.2, 0.25) is 0 Å². The van der Waals surface area contributed by atoms with Crippen LogP contribution in [0.1, 0.15) is 28.8 Å². The van der Waals surface area contributed by atoms with Crippen molar-refractivity contribution in [2.24, 2.45) is 5.10 Å². The van der Waals surface area contributed by atoms with Crippen LogP contribution in [0.5, 0.6) is 17.2 Å². The second kappa shape index (κ2) is 11.8. The molecule has 0 radical (unpaired) electrons. The Morgan fingerprint density at radius 1 is 1.23 bits per heavy atom. The number of amides is 1. The minimum absolute atomic E-state index is 0.000869. The van der Waals surface area contributed by atoms with Crippen LogP contribution < -0.4 is 20.5 Å². The Balaban J connectivity index is 1.40. The first-order valence-electron chi connectivity index (χ1n) is 12.1. The first-order valence-corrected chi connectivity index (χ1v) is 14.7. The van der Waals surface area contributed by atoms with Crippen LogP contribution in [0.3, 0.4) is 0 Å². The average molecular weight is 630 g/mol. The van der Waals surface area contributed by atoms with Gasteiger partial charge in [-0.3, -0.25) is 14.2 Å². The Labute approximate surface area is 241 Å². The number of ether oxygens (including phenoxy) is 2. The summed E-state index contributed by atoms with van der Waals surface area (Å²) in [6, 6.07) is 10.5. The number of halogens is 1. The molecule has 12 heteroatoms. The fourth-order valence-electron chi connectivity index (χ4n) is 4.41. The van der Waals surface area contributed by atoms with Crippen LogP contribution in [-0.2, 0) is 17.6 Å². The van der Waals surface area contributed by atoms with Crippen LogP contribution in [0.4, 0.5) is 0 Å². The van der Waals surface area contributed by atoms with Gasteiger partial charge in [0.15, 0.2) is 16.7 Å². The largest absolute Gasteiger partial charge is 0.503 e. The van der Waals surface area contributed by atoms with Gasteiger partial charge in [0.2, 0.25) is 0 Å². The summed E-state index contributed by atoms with van der Waals surface area (Å²) in [5, 5.41) is 15.1. The summed E-state index contributed by atoms with van der Waals surface area (Å²) >= 11 is 6.01. The van der Waals surface area contributed by atoms with Gasteiger partial charge in [-0.2, -0.15) is 5.10 Å². The molecule has 2 aromatic carbocycles. The molecule has 39 heavy (non-hydrogen) atoms. The van der Waals surface area contributed by atoms with Crippen LogP contribution in [-0.4, -0.2) is 46.8 Å². The third kappa shape index (κ3) is 5.68. The van der Waals surface area contributed by atoms with Crippen molar-refractivity contribution in [2.75, 3.05) is 20.0 Å². The van der Waals surface area contributed by atoms with Crippen molar-refractivity contribution in [3.05, 3.63) is 67.2 Å². The van der Waals surface area contributed by atoms with Gasteiger partial charge in [0.1, 0.15) is 10.6 Å². The molecule has 0 atom stereocenters. The van der Waals surface area contributed by atoms with Crippen LogP contribution in [0.15, 0.2) is 55.9 Å². The highest BCUT2D eigenvalue weighted by Gasteiger charge is 2.23. The van der Waals surface area contributed by atoms with Gasteiger partial charge in [-0.25, -0.2) is 10.4 Å². The van der Waals surface area contributed by atoms with Crippen molar-refractivity contribution in [1.29, 1.82) is 0 Å². The van der Waals surface area contributed by atoms with Gasteiger partial charge in [0.25, 0.3) is 11.5 Å². The predicted molar refractivity (Wildman–Crippen MR) is 157 cm³/mol. The zero-order valence-electron chi connectivity index (χ0n) is 21.2. The lowest BCUT2D eigenvalue weighted by atomic mass is 9.97. The Kier molecular flexibility index (Phi) is 8.24. The first-order chi connectivity index (χ1) is 18.9. The maximum Gasteiger partial charge on any atom is 0.267 e. The van der Waals surface area contributed by atoms with E-state index in [2.05, 4.69) is 26.5 Å². The van der Waals surface area contributed by atoms with Gasteiger partial charge < -0.3 is 14.6 Å². The molecular formula is C27H25BrN4O5S2. The number of methoxy groups -OCH3 is 2. The predicted octanol–water partition coefficient (Wildman–Crippen LogP) is 5.05. The lowest BCUT2D eigenvalue weighted by molar-refractivity contribution is -0.118. The normalized spacial score (nSPS) is 13.0. The van der Waals surface area contributed by atoms with E-state index in [0.717, 1.165) is 31.2 Å². The molecule has 2 N–H and O–H groups in total. The minimum Gasteiger partial charge on any atom is -0.503 e. The van der Waals surface area contributed by atoms with Gasteiger partial charge >= 0.3 is 0 Å². The highest BCUT2D eigenvalue weighted by Crippen LogP contribution is 2.36. The molecule has 0 saturated heterocycles. The molecule has 0 fully saturated rings. The van der Waals surface area contributed by atoms with Gasteiger partial charge in [0, 0.05) is 4.88 Å². The maximum atomic E-state index is 13.8. The number of carbonyl (C=O) groups excluding carboxylic acids is 1. The number of aromatic nitrogens is 2. The molecule has 9 nitrogen and oxygen atoms in total. The van der Waals surface area contributed by atoms with E-state index in [1.165, 1.54) is 30.0 Å². The van der Waals surface area contributed by atoms with E-state index in [1.54, 1.807) is 47.3 Å². The van der Waals surface area contributed by atoms with E-state index in [0.29, 0.717) is 36.8 Å². The van der Waals surface area contributed by atoms with Crippen LogP contribution >= 0.6 is 39.0 Å². The topological polar surface area (TPSA) is 115 Å². The molecule has 1 aliphatic rings. The lowest BCUT2D eigenvalue weighted by Gasteiger charge is -2.14. The average Bonchev–Trinajstić information content (AvgIpc) is 3.32. The molecule has 1 amide bonds. The van der Waals surface area contributed by atoms with E-state index < -0.39 is 0 Å². The number of hydrogen-bond donors (Lipinski definition) is 2. The summed E-state index contributed by atoms with van der Waals surface area (Å²) in [6.07, 6.45) is 5.47. The van der Waals surface area contributed by atoms with Gasteiger partial charge in [0.05, 0.1) is 41.7 Å². The number of phenolic OH excluding ortho intramolecular Hbond substituents is 1. The molecule has 202 valence electrons. The Bertz CT molecular complexity index is 1630. The first kappa shape index (κ1) is 27.2. The van der Waals surface area contributed by atoms with Crippen molar-refractivity contribution in [3.8, 4) is 22.9 Å². The van der Waals surface area contributed by atoms with E-state index in [9.17, 15) is 14.7 Å². The number of phenols is 1. The van der Waals surface area contributed by atoms with E-state index in [1.807, 2.05) is 12.1 Å². The van der Waals surface area contributed by atoms with E-state index >= 15 is 0 Å².